The first-order valence-corrected chi connectivity index (χ1v) is 10.4. The van der Waals surface area contributed by atoms with E-state index >= 15 is 0 Å². The van der Waals surface area contributed by atoms with Crippen LogP contribution in [0.5, 0.6) is 0 Å². The number of nitrogens with zero attached hydrogens (tertiary/aromatic N) is 2. The van der Waals surface area contributed by atoms with Gasteiger partial charge in [0.1, 0.15) is 0 Å². The van der Waals surface area contributed by atoms with Gasteiger partial charge in [0.25, 0.3) is 5.91 Å². The summed E-state index contributed by atoms with van der Waals surface area (Å²) < 4.78 is 26.5. The molecule has 0 saturated heterocycles. The van der Waals surface area contributed by atoms with Gasteiger partial charge in [-0.25, -0.2) is 8.42 Å². The van der Waals surface area contributed by atoms with Crippen LogP contribution in [0.3, 0.4) is 0 Å². The maximum atomic E-state index is 12.6. The third-order valence-electron chi connectivity index (χ3n) is 4.44. The first-order valence-electron chi connectivity index (χ1n) is 8.96. The number of sulfonamides is 1. The van der Waals surface area contributed by atoms with Crippen LogP contribution in [-0.2, 0) is 10.0 Å². The summed E-state index contributed by atoms with van der Waals surface area (Å²) in [6, 6.07) is 17.9. The van der Waals surface area contributed by atoms with Gasteiger partial charge in [0.05, 0.1) is 4.90 Å². The van der Waals surface area contributed by atoms with Crippen molar-refractivity contribution >= 4 is 21.6 Å². The molecule has 0 aliphatic heterocycles. The number of likely N-dealkylation sites (N-methyl/N-ethyl adjacent to an activating group) is 1. The number of hydrogen-bond donors (Lipinski definition) is 2. The van der Waals surface area contributed by atoms with E-state index < -0.39 is 16.1 Å². The lowest BCUT2D eigenvalue weighted by atomic mass is 10.1. The molecule has 1 amide bonds. The molecule has 3 N–H and O–H groups in total. The van der Waals surface area contributed by atoms with Crippen LogP contribution in [0.25, 0.3) is 0 Å². The van der Waals surface area contributed by atoms with Crippen molar-refractivity contribution in [3.8, 4) is 0 Å². The van der Waals surface area contributed by atoms with Crippen molar-refractivity contribution < 1.29 is 13.2 Å². The van der Waals surface area contributed by atoms with E-state index in [0.717, 1.165) is 5.56 Å². The van der Waals surface area contributed by atoms with Crippen LogP contribution in [0, 0.1) is 0 Å². The largest absolute Gasteiger partial charge is 0.323 e. The number of carbonyl (C=O) groups excluding carboxylic acids is 1. The molecular weight excluding hydrogens is 388 g/mol. The fourth-order valence-corrected chi connectivity index (χ4v) is 3.99. The summed E-state index contributed by atoms with van der Waals surface area (Å²) >= 11 is 0. The topological polar surface area (TPSA) is 105 Å². The van der Waals surface area contributed by atoms with Gasteiger partial charge in [0.15, 0.2) is 0 Å². The van der Waals surface area contributed by atoms with Gasteiger partial charge in [-0.05, 0) is 42.0 Å². The average Bonchev–Trinajstić information content (AvgIpc) is 2.75. The number of carbonyl (C=O) groups is 1. The smallest absolute Gasteiger partial charge is 0.255 e. The second-order valence-electron chi connectivity index (χ2n) is 6.52. The second kappa shape index (κ2) is 8.95. The maximum absolute atomic E-state index is 12.6. The number of benzene rings is 2. The van der Waals surface area contributed by atoms with E-state index in [9.17, 15) is 13.2 Å². The van der Waals surface area contributed by atoms with Gasteiger partial charge in [-0.2, -0.15) is 4.31 Å². The van der Waals surface area contributed by atoms with Crippen LogP contribution < -0.4 is 11.1 Å². The molecule has 7 nitrogen and oxygen atoms in total. The summed E-state index contributed by atoms with van der Waals surface area (Å²) in [7, 11) is -2.12. The molecule has 0 aliphatic carbocycles. The second-order valence-corrected chi connectivity index (χ2v) is 8.56. The predicted molar refractivity (Wildman–Crippen MR) is 112 cm³/mol. The Kier molecular flexibility index (Phi) is 6.38. The molecular formula is C21H22N4O3S. The summed E-state index contributed by atoms with van der Waals surface area (Å²) in [6.07, 6.45) is 3.19. The molecule has 0 radical (unpaired) electrons. The molecule has 29 heavy (non-hydrogen) atoms. The SMILES string of the molecule is CN(CC(N)c1ccc(C(=O)Nc2ccncc2)cc1)S(=O)(=O)c1ccccc1. The van der Waals surface area contributed by atoms with Gasteiger partial charge in [0, 0.05) is 43.3 Å². The van der Waals surface area contributed by atoms with Crippen molar-refractivity contribution in [2.24, 2.45) is 5.73 Å². The third kappa shape index (κ3) is 5.05. The van der Waals surface area contributed by atoms with Gasteiger partial charge in [-0.15, -0.1) is 0 Å². The van der Waals surface area contributed by atoms with Crippen LogP contribution >= 0.6 is 0 Å². The molecule has 1 aromatic heterocycles. The highest BCUT2D eigenvalue weighted by Gasteiger charge is 2.23. The molecule has 2 aromatic carbocycles. The Morgan fingerprint density at radius 1 is 1.03 bits per heavy atom. The minimum atomic E-state index is -3.61. The lowest BCUT2D eigenvalue weighted by Crippen LogP contribution is -2.34. The number of pyridine rings is 1. The Bertz CT molecular complexity index is 1060. The normalized spacial score (nSPS) is 12.5. The van der Waals surface area contributed by atoms with Crippen LogP contribution in [0.15, 0.2) is 84.0 Å². The number of nitrogens with two attached hydrogens (primary N) is 1. The molecule has 0 spiro atoms. The summed E-state index contributed by atoms with van der Waals surface area (Å²) in [5.74, 6) is -0.250. The van der Waals surface area contributed by atoms with E-state index in [2.05, 4.69) is 10.3 Å². The fraction of sp³-hybridized carbons (Fsp3) is 0.143. The minimum Gasteiger partial charge on any atom is -0.323 e. The number of nitrogens with one attached hydrogen (secondary N) is 1. The summed E-state index contributed by atoms with van der Waals surface area (Å²) in [6.45, 7) is 0.111. The van der Waals surface area contributed by atoms with Crippen molar-refractivity contribution in [3.05, 3.63) is 90.3 Å². The molecule has 3 rings (SSSR count). The Balaban J connectivity index is 1.65. The van der Waals surface area contributed by atoms with Crippen molar-refractivity contribution in [3.63, 3.8) is 0 Å². The van der Waals surface area contributed by atoms with Gasteiger partial charge in [0.2, 0.25) is 10.0 Å². The van der Waals surface area contributed by atoms with Crippen molar-refractivity contribution in [1.82, 2.24) is 9.29 Å². The summed E-state index contributed by atoms with van der Waals surface area (Å²) in [5, 5.41) is 2.78. The van der Waals surface area contributed by atoms with Gasteiger partial charge in [-0.3, -0.25) is 9.78 Å². The van der Waals surface area contributed by atoms with Crippen LogP contribution in [0.4, 0.5) is 5.69 Å². The monoisotopic (exact) mass is 410 g/mol. The zero-order valence-corrected chi connectivity index (χ0v) is 16.7. The Morgan fingerprint density at radius 3 is 2.28 bits per heavy atom. The first kappa shape index (κ1) is 20.7. The molecule has 0 fully saturated rings. The quantitative estimate of drug-likeness (QED) is 0.623. The van der Waals surface area contributed by atoms with Crippen molar-refractivity contribution in [2.75, 3.05) is 18.9 Å². The van der Waals surface area contributed by atoms with E-state index in [-0.39, 0.29) is 17.3 Å². The highest BCUT2D eigenvalue weighted by molar-refractivity contribution is 7.89. The number of hydrogen-bond acceptors (Lipinski definition) is 5. The molecule has 1 atom stereocenters. The van der Waals surface area contributed by atoms with Crippen LogP contribution in [0.1, 0.15) is 22.0 Å². The van der Waals surface area contributed by atoms with Crippen LogP contribution in [0.2, 0.25) is 0 Å². The lowest BCUT2D eigenvalue weighted by Gasteiger charge is -2.21. The third-order valence-corrected chi connectivity index (χ3v) is 6.28. The molecule has 0 saturated carbocycles. The fourth-order valence-electron chi connectivity index (χ4n) is 2.77. The number of rotatable bonds is 7. The molecule has 0 bridgehead atoms. The molecule has 150 valence electrons. The first-order chi connectivity index (χ1) is 13.9. The van der Waals surface area contributed by atoms with Crippen LogP contribution in [-0.4, -0.2) is 37.2 Å². The summed E-state index contributed by atoms with van der Waals surface area (Å²) in [5.41, 5.74) is 8.07. The zero-order chi connectivity index (χ0) is 20.9. The van der Waals surface area contributed by atoms with E-state index in [1.165, 1.54) is 11.4 Å². The summed E-state index contributed by atoms with van der Waals surface area (Å²) in [4.78, 5) is 16.4. The van der Waals surface area contributed by atoms with Crippen molar-refractivity contribution in [2.45, 2.75) is 10.9 Å². The predicted octanol–water partition coefficient (Wildman–Crippen LogP) is 2.65. The van der Waals surface area contributed by atoms with Crippen molar-refractivity contribution in [1.29, 1.82) is 0 Å². The van der Waals surface area contributed by atoms with E-state index in [4.69, 9.17) is 5.73 Å². The number of aromatic nitrogens is 1. The van der Waals surface area contributed by atoms with Gasteiger partial charge >= 0.3 is 0 Å². The lowest BCUT2D eigenvalue weighted by molar-refractivity contribution is 0.102. The maximum Gasteiger partial charge on any atom is 0.255 e. The number of anilines is 1. The zero-order valence-electron chi connectivity index (χ0n) is 15.9. The molecule has 1 unspecified atom stereocenters. The average molecular weight is 410 g/mol. The van der Waals surface area contributed by atoms with Gasteiger partial charge < -0.3 is 11.1 Å². The number of amides is 1. The Labute approximate surface area is 170 Å². The standard InChI is InChI=1S/C21H22N4O3S/c1-25(29(27,28)19-5-3-2-4-6-19)15-20(22)16-7-9-17(10-8-16)21(26)24-18-11-13-23-14-12-18/h2-14,20H,15,22H2,1H3,(H,23,24,26). The molecule has 0 aliphatic rings. The van der Waals surface area contributed by atoms with E-state index in [0.29, 0.717) is 11.3 Å². The highest BCUT2D eigenvalue weighted by atomic mass is 32.2. The Hall–Kier alpha value is -3.07. The molecule has 8 heteroatoms. The minimum absolute atomic E-state index is 0.111. The molecule has 1 heterocycles. The Morgan fingerprint density at radius 2 is 1.66 bits per heavy atom. The van der Waals surface area contributed by atoms with Gasteiger partial charge in [-0.1, -0.05) is 30.3 Å². The van der Waals surface area contributed by atoms with E-state index in [1.54, 1.807) is 79.1 Å². The highest BCUT2D eigenvalue weighted by Crippen LogP contribution is 2.19. The molecule has 3 aromatic rings. The van der Waals surface area contributed by atoms with E-state index in [1.807, 2.05) is 0 Å².